The van der Waals surface area contributed by atoms with Crippen LogP contribution in [0.3, 0.4) is 0 Å². The van der Waals surface area contributed by atoms with Gasteiger partial charge in [-0.2, -0.15) is 0 Å². The molecule has 0 aliphatic carbocycles. The van der Waals surface area contributed by atoms with Crippen LogP contribution < -0.4 is 5.56 Å². The number of hydrogen-bond acceptors (Lipinski definition) is 1. The number of hydrogen-bond donors (Lipinski definition) is 1. The maximum Gasteiger partial charge on any atom is 0.248 e. The standard InChI is InChI=1S/C10H8FNO/c1-6-4-9-7(5-8(6)11)2-3-10(13)12-9/h2-5H,1H3,(H,12,13). The van der Waals surface area contributed by atoms with Crippen molar-refractivity contribution >= 4 is 10.9 Å². The molecule has 0 spiro atoms. The Morgan fingerprint density at radius 3 is 2.85 bits per heavy atom. The van der Waals surface area contributed by atoms with Crippen LogP contribution in [0, 0.1) is 12.7 Å². The Hall–Kier alpha value is -1.64. The van der Waals surface area contributed by atoms with Crippen LogP contribution in [0.25, 0.3) is 10.9 Å². The number of halogens is 1. The molecule has 0 amide bonds. The molecule has 2 rings (SSSR count). The number of pyridine rings is 1. The third kappa shape index (κ3) is 1.33. The van der Waals surface area contributed by atoms with Gasteiger partial charge in [-0.25, -0.2) is 4.39 Å². The molecule has 0 fully saturated rings. The minimum Gasteiger partial charge on any atom is -0.322 e. The van der Waals surface area contributed by atoms with E-state index in [1.54, 1.807) is 19.1 Å². The molecule has 1 heterocycles. The number of aryl methyl sites for hydroxylation is 1. The zero-order chi connectivity index (χ0) is 9.42. The molecule has 2 nitrogen and oxygen atoms in total. The Balaban J connectivity index is 2.89. The van der Waals surface area contributed by atoms with Crippen molar-refractivity contribution in [2.24, 2.45) is 0 Å². The van der Waals surface area contributed by atoms with Gasteiger partial charge in [-0.05, 0) is 30.7 Å². The van der Waals surface area contributed by atoms with Gasteiger partial charge in [-0.3, -0.25) is 4.79 Å². The largest absolute Gasteiger partial charge is 0.322 e. The van der Waals surface area contributed by atoms with E-state index in [4.69, 9.17) is 0 Å². The zero-order valence-corrected chi connectivity index (χ0v) is 7.10. The SMILES string of the molecule is Cc1cc2[nH]c(=O)ccc2cc1F. The van der Waals surface area contributed by atoms with Crippen molar-refractivity contribution < 1.29 is 4.39 Å². The van der Waals surface area contributed by atoms with E-state index in [0.717, 1.165) is 0 Å². The van der Waals surface area contributed by atoms with Gasteiger partial charge in [-0.15, -0.1) is 0 Å². The first kappa shape index (κ1) is 7.98. The quantitative estimate of drug-likeness (QED) is 0.655. The lowest BCUT2D eigenvalue weighted by Gasteiger charge is -1.99. The number of fused-ring (bicyclic) bond motifs is 1. The van der Waals surface area contributed by atoms with Gasteiger partial charge in [0.2, 0.25) is 5.56 Å². The van der Waals surface area contributed by atoms with Crippen molar-refractivity contribution in [2.75, 3.05) is 0 Å². The maximum atomic E-state index is 13.1. The van der Waals surface area contributed by atoms with Gasteiger partial charge in [0.25, 0.3) is 0 Å². The molecule has 1 N–H and O–H groups in total. The van der Waals surface area contributed by atoms with Crippen LogP contribution in [0.4, 0.5) is 4.39 Å². The summed E-state index contributed by atoms with van der Waals surface area (Å²) in [4.78, 5) is 13.6. The molecular weight excluding hydrogens is 169 g/mol. The van der Waals surface area contributed by atoms with E-state index >= 15 is 0 Å². The lowest BCUT2D eigenvalue weighted by atomic mass is 10.1. The van der Waals surface area contributed by atoms with Gasteiger partial charge in [-0.1, -0.05) is 0 Å². The van der Waals surface area contributed by atoms with Crippen LogP contribution in [-0.4, -0.2) is 4.98 Å². The van der Waals surface area contributed by atoms with E-state index in [9.17, 15) is 9.18 Å². The fourth-order valence-electron chi connectivity index (χ4n) is 1.28. The first-order valence-electron chi connectivity index (χ1n) is 3.96. The predicted octanol–water partition coefficient (Wildman–Crippen LogP) is 1.98. The normalized spacial score (nSPS) is 10.6. The van der Waals surface area contributed by atoms with Crippen LogP contribution in [0.15, 0.2) is 29.1 Å². The Morgan fingerprint density at radius 1 is 1.31 bits per heavy atom. The van der Waals surface area contributed by atoms with Crippen molar-refractivity contribution in [1.82, 2.24) is 4.98 Å². The fourth-order valence-corrected chi connectivity index (χ4v) is 1.28. The molecule has 3 heteroatoms. The summed E-state index contributed by atoms with van der Waals surface area (Å²) in [6, 6.07) is 6.04. The number of nitrogens with one attached hydrogen (secondary N) is 1. The van der Waals surface area contributed by atoms with E-state index in [-0.39, 0.29) is 11.4 Å². The Morgan fingerprint density at radius 2 is 2.08 bits per heavy atom. The highest BCUT2D eigenvalue weighted by Crippen LogP contribution is 2.14. The third-order valence-electron chi connectivity index (χ3n) is 2.00. The fraction of sp³-hybridized carbons (Fsp3) is 0.100. The lowest BCUT2D eigenvalue weighted by molar-refractivity contribution is 0.620. The average molecular weight is 177 g/mol. The van der Waals surface area contributed by atoms with Gasteiger partial charge >= 0.3 is 0 Å². The molecule has 13 heavy (non-hydrogen) atoms. The van der Waals surface area contributed by atoms with Crippen molar-refractivity contribution in [2.45, 2.75) is 6.92 Å². The van der Waals surface area contributed by atoms with Crippen molar-refractivity contribution in [3.05, 3.63) is 46.0 Å². The molecule has 0 atom stereocenters. The number of benzene rings is 1. The summed E-state index contributed by atoms with van der Waals surface area (Å²) in [6.07, 6.45) is 0. The van der Waals surface area contributed by atoms with E-state index in [1.165, 1.54) is 12.1 Å². The molecule has 2 aromatic rings. The van der Waals surface area contributed by atoms with Gasteiger partial charge in [0.05, 0.1) is 0 Å². The minimum absolute atomic E-state index is 0.168. The number of aromatic nitrogens is 1. The Labute approximate surface area is 74.0 Å². The van der Waals surface area contributed by atoms with Crippen molar-refractivity contribution in [3.8, 4) is 0 Å². The summed E-state index contributed by atoms with van der Waals surface area (Å²) in [5.41, 5.74) is 1.04. The van der Waals surface area contributed by atoms with E-state index in [2.05, 4.69) is 4.98 Å². The minimum atomic E-state index is -0.250. The molecule has 66 valence electrons. The monoisotopic (exact) mass is 177 g/mol. The third-order valence-corrected chi connectivity index (χ3v) is 2.00. The topological polar surface area (TPSA) is 32.9 Å². The van der Waals surface area contributed by atoms with Crippen LogP contribution in [0.1, 0.15) is 5.56 Å². The maximum absolute atomic E-state index is 13.1. The lowest BCUT2D eigenvalue weighted by Crippen LogP contribution is -2.02. The zero-order valence-electron chi connectivity index (χ0n) is 7.10. The summed E-state index contributed by atoms with van der Waals surface area (Å²) >= 11 is 0. The second-order valence-electron chi connectivity index (χ2n) is 3.01. The first-order valence-corrected chi connectivity index (χ1v) is 3.96. The highest BCUT2D eigenvalue weighted by Gasteiger charge is 2.00. The second-order valence-corrected chi connectivity index (χ2v) is 3.01. The molecule has 1 aromatic carbocycles. The molecule has 0 saturated carbocycles. The van der Waals surface area contributed by atoms with Gasteiger partial charge < -0.3 is 4.98 Å². The van der Waals surface area contributed by atoms with Crippen LogP contribution >= 0.6 is 0 Å². The smallest absolute Gasteiger partial charge is 0.248 e. The molecular formula is C10H8FNO. The second kappa shape index (κ2) is 2.69. The summed E-state index contributed by atoms with van der Waals surface area (Å²) in [5, 5.41) is 0.711. The summed E-state index contributed by atoms with van der Waals surface area (Å²) < 4.78 is 13.1. The summed E-state index contributed by atoms with van der Waals surface area (Å²) in [6.45, 7) is 1.67. The highest BCUT2D eigenvalue weighted by atomic mass is 19.1. The first-order chi connectivity index (χ1) is 6.16. The van der Waals surface area contributed by atoms with E-state index in [1.807, 2.05) is 0 Å². The molecule has 0 unspecified atom stereocenters. The highest BCUT2D eigenvalue weighted by molar-refractivity contribution is 5.78. The van der Waals surface area contributed by atoms with Crippen LogP contribution in [0.2, 0.25) is 0 Å². The van der Waals surface area contributed by atoms with Crippen molar-refractivity contribution in [1.29, 1.82) is 0 Å². The Kier molecular flexibility index (Phi) is 1.65. The average Bonchev–Trinajstić information content (AvgIpc) is 2.08. The summed E-state index contributed by atoms with van der Waals surface area (Å²) in [5.74, 6) is -0.250. The van der Waals surface area contributed by atoms with E-state index in [0.29, 0.717) is 16.5 Å². The number of H-pyrrole nitrogens is 1. The Bertz CT molecular complexity index is 516. The van der Waals surface area contributed by atoms with Gasteiger partial charge in [0, 0.05) is 17.0 Å². The molecule has 0 radical (unpaired) electrons. The molecule has 0 bridgehead atoms. The predicted molar refractivity (Wildman–Crippen MR) is 49.3 cm³/mol. The summed E-state index contributed by atoms with van der Waals surface area (Å²) in [7, 11) is 0. The van der Waals surface area contributed by atoms with Crippen molar-refractivity contribution in [3.63, 3.8) is 0 Å². The van der Waals surface area contributed by atoms with Crippen LogP contribution in [0.5, 0.6) is 0 Å². The number of rotatable bonds is 0. The van der Waals surface area contributed by atoms with Gasteiger partial charge in [0.1, 0.15) is 5.82 Å². The number of aromatic amines is 1. The molecule has 1 aromatic heterocycles. The molecule has 0 aliphatic heterocycles. The van der Waals surface area contributed by atoms with Gasteiger partial charge in [0.15, 0.2) is 0 Å². The van der Waals surface area contributed by atoms with Crippen LogP contribution in [-0.2, 0) is 0 Å². The van der Waals surface area contributed by atoms with E-state index < -0.39 is 0 Å². The molecule has 0 saturated heterocycles. The molecule has 0 aliphatic rings.